The summed E-state index contributed by atoms with van der Waals surface area (Å²) < 4.78 is 6.88. The van der Waals surface area contributed by atoms with Gasteiger partial charge in [0.2, 0.25) is 0 Å². The number of aromatic hydroxyl groups is 1. The van der Waals surface area contributed by atoms with Gasteiger partial charge in [-0.3, -0.25) is 0 Å². The maximum Gasteiger partial charge on any atom is 0.191 e. The van der Waals surface area contributed by atoms with Gasteiger partial charge in [-0.05, 0) is 42.3 Å². The molecule has 1 saturated heterocycles. The first-order valence-electron chi connectivity index (χ1n) is 11.5. The van der Waals surface area contributed by atoms with Crippen LogP contribution in [-0.4, -0.2) is 15.9 Å². The van der Waals surface area contributed by atoms with Crippen LogP contribution in [0.3, 0.4) is 0 Å². The first-order valence-corrected chi connectivity index (χ1v) is 12.3. The van der Waals surface area contributed by atoms with Crippen LogP contribution in [0.15, 0.2) is 72.8 Å². The summed E-state index contributed by atoms with van der Waals surface area (Å²) in [4.78, 5) is 0. The minimum absolute atomic E-state index is 0.0283. The normalized spacial score (nSPS) is 30.0. The topological polar surface area (TPSA) is 53.5 Å². The molecule has 1 aliphatic carbocycles. The molecule has 3 aromatic rings. The van der Waals surface area contributed by atoms with E-state index in [2.05, 4.69) is 59.2 Å². The molecule has 1 spiro atoms. The third kappa shape index (κ3) is 3.29. The van der Waals surface area contributed by atoms with E-state index in [1.807, 2.05) is 18.2 Å². The maximum atomic E-state index is 10.4. The number of thiocarbonyl (C=S) groups is 1. The zero-order valence-corrected chi connectivity index (χ0v) is 19.6. The number of phenols is 1. The van der Waals surface area contributed by atoms with E-state index in [4.69, 9.17) is 28.6 Å². The fourth-order valence-corrected chi connectivity index (χ4v) is 6.70. The number of ether oxygens (including phenoxy) is 1. The quantitative estimate of drug-likeness (QED) is 0.402. The van der Waals surface area contributed by atoms with Crippen LogP contribution in [0, 0.1) is 11.8 Å². The van der Waals surface area contributed by atoms with Gasteiger partial charge >= 0.3 is 0 Å². The molecule has 2 aliphatic heterocycles. The van der Waals surface area contributed by atoms with E-state index in [1.54, 1.807) is 6.07 Å². The Morgan fingerprint density at radius 1 is 0.939 bits per heavy atom. The standard InChI is InChI=1S/C27H25ClN2O2S/c28-21-14-18-23(15-22(21)31)32-27-19(24(18)16-8-3-1-4-9-16)12-7-13-20(27)25(29-26(33)30-27)17-10-5-2-6-11-17/h1-6,8-11,14-15,19-20,24-25,31H,7,12-13H2,(H2,29,30,33)/t19-,20+,24-,25+,27+/m0/s1. The molecule has 0 bridgehead atoms. The number of halogens is 1. The monoisotopic (exact) mass is 476 g/mol. The molecule has 6 rings (SSSR count). The Bertz CT molecular complexity index is 1210. The van der Waals surface area contributed by atoms with Crippen LogP contribution in [0.5, 0.6) is 11.5 Å². The number of phenolic OH excluding ortho intramolecular Hbond substituents is 1. The van der Waals surface area contributed by atoms with Crippen molar-refractivity contribution in [2.45, 2.75) is 36.9 Å². The van der Waals surface area contributed by atoms with E-state index in [0.717, 1.165) is 24.8 Å². The molecule has 0 radical (unpaired) electrons. The average molecular weight is 477 g/mol. The van der Waals surface area contributed by atoms with Crippen LogP contribution in [0.1, 0.15) is 47.9 Å². The van der Waals surface area contributed by atoms with Gasteiger partial charge in [0.05, 0.1) is 11.1 Å². The second-order valence-corrected chi connectivity index (χ2v) is 10.1. The first kappa shape index (κ1) is 20.8. The summed E-state index contributed by atoms with van der Waals surface area (Å²) >= 11 is 12.1. The Balaban J connectivity index is 1.55. The average Bonchev–Trinajstić information content (AvgIpc) is 2.83. The number of fused-ring (bicyclic) bond motifs is 1. The highest BCUT2D eigenvalue weighted by atomic mass is 35.5. The van der Waals surface area contributed by atoms with Crippen molar-refractivity contribution in [3.63, 3.8) is 0 Å². The van der Waals surface area contributed by atoms with Gasteiger partial charge in [-0.1, -0.05) is 78.7 Å². The Labute approximate surface area is 203 Å². The lowest BCUT2D eigenvalue weighted by Crippen LogP contribution is -2.73. The summed E-state index contributed by atoms with van der Waals surface area (Å²) in [7, 11) is 0. The summed E-state index contributed by atoms with van der Waals surface area (Å²) in [6.07, 6.45) is 3.12. The zero-order valence-electron chi connectivity index (χ0n) is 18.0. The lowest BCUT2D eigenvalue weighted by atomic mass is 9.60. The fraction of sp³-hybridized carbons (Fsp3) is 0.296. The minimum atomic E-state index is -0.686. The molecule has 5 atom stereocenters. The third-order valence-corrected chi connectivity index (χ3v) is 8.07. The first-order chi connectivity index (χ1) is 16.1. The van der Waals surface area contributed by atoms with E-state index in [9.17, 15) is 5.11 Å². The second-order valence-electron chi connectivity index (χ2n) is 9.26. The molecule has 3 aromatic carbocycles. The van der Waals surface area contributed by atoms with Crippen molar-refractivity contribution < 1.29 is 9.84 Å². The lowest BCUT2D eigenvalue weighted by molar-refractivity contribution is -0.120. The highest BCUT2D eigenvalue weighted by molar-refractivity contribution is 7.80. The van der Waals surface area contributed by atoms with Crippen molar-refractivity contribution in [1.29, 1.82) is 0 Å². The van der Waals surface area contributed by atoms with Gasteiger partial charge in [-0.25, -0.2) is 0 Å². The van der Waals surface area contributed by atoms with E-state index in [0.29, 0.717) is 15.9 Å². The molecule has 168 valence electrons. The molecule has 3 aliphatic rings. The van der Waals surface area contributed by atoms with Gasteiger partial charge in [0, 0.05) is 29.4 Å². The predicted molar refractivity (Wildman–Crippen MR) is 134 cm³/mol. The van der Waals surface area contributed by atoms with Crippen LogP contribution in [0.2, 0.25) is 5.02 Å². The number of nitrogens with one attached hydrogen (secondary N) is 2. The highest BCUT2D eigenvalue weighted by Crippen LogP contribution is 2.58. The van der Waals surface area contributed by atoms with Gasteiger partial charge in [-0.15, -0.1) is 0 Å². The molecule has 4 nitrogen and oxygen atoms in total. The minimum Gasteiger partial charge on any atom is -0.506 e. The Hall–Kier alpha value is -2.76. The SMILES string of the molecule is Oc1cc2c(cc1Cl)[C@H](c1ccccc1)[C@@H]1CCC[C@@H]3[C@@H](c4ccccc4)NC(=S)N[C@]31O2. The predicted octanol–water partition coefficient (Wildman–Crippen LogP) is 5.90. The van der Waals surface area contributed by atoms with E-state index >= 15 is 0 Å². The Morgan fingerprint density at radius 2 is 1.61 bits per heavy atom. The van der Waals surface area contributed by atoms with Gasteiger partial charge in [-0.2, -0.15) is 0 Å². The van der Waals surface area contributed by atoms with Gasteiger partial charge in [0.1, 0.15) is 11.5 Å². The maximum absolute atomic E-state index is 10.4. The molecular formula is C27H25ClN2O2S. The van der Waals surface area contributed by atoms with E-state index < -0.39 is 5.72 Å². The third-order valence-electron chi connectivity index (χ3n) is 7.54. The smallest absolute Gasteiger partial charge is 0.191 e. The van der Waals surface area contributed by atoms with Gasteiger partial charge in [0.15, 0.2) is 10.8 Å². The summed E-state index contributed by atoms with van der Waals surface area (Å²) in [5.41, 5.74) is 2.75. The van der Waals surface area contributed by atoms with Gasteiger partial charge in [0.25, 0.3) is 0 Å². The summed E-state index contributed by atoms with van der Waals surface area (Å²) in [6.45, 7) is 0. The van der Waals surface area contributed by atoms with Crippen LogP contribution in [-0.2, 0) is 0 Å². The van der Waals surface area contributed by atoms with E-state index in [1.165, 1.54) is 11.1 Å². The zero-order chi connectivity index (χ0) is 22.6. The largest absolute Gasteiger partial charge is 0.506 e. The molecule has 0 unspecified atom stereocenters. The fourth-order valence-electron chi connectivity index (χ4n) is 6.24. The van der Waals surface area contributed by atoms with Crippen molar-refractivity contribution >= 4 is 28.9 Å². The van der Waals surface area contributed by atoms with E-state index in [-0.39, 0.29) is 29.5 Å². The van der Waals surface area contributed by atoms with Crippen LogP contribution < -0.4 is 15.4 Å². The number of rotatable bonds is 2. The van der Waals surface area contributed by atoms with Crippen molar-refractivity contribution in [2.24, 2.45) is 11.8 Å². The van der Waals surface area contributed by atoms with Crippen LogP contribution in [0.25, 0.3) is 0 Å². The summed E-state index contributed by atoms with van der Waals surface area (Å²) in [6, 6.07) is 24.6. The molecule has 2 fully saturated rings. The number of hydrogen-bond acceptors (Lipinski definition) is 3. The second kappa shape index (κ2) is 7.93. The van der Waals surface area contributed by atoms with Crippen molar-refractivity contribution in [1.82, 2.24) is 10.6 Å². The Morgan fingerprint density at radius 3 is 2.33 bits per heavy atom. The molecule has 0 amide bonds. The molecule has 33 heavy (non-hydrogen) atoms. The molecule has 6 heteroatoms. The molecule has 2 heterocycles. The molecule has 1 saturated carbocycles. The van der Waals surface area contributed by atoms with Crippen molar-refractivity contribution in [3.05, 3.63) is 94.5 Å². The highest BCUT2D eigenvalue weighted by Gasteiger charge is 2.60. The van der Waals surface area contributed by atoms with Crippen LogP contribution >= 0.6 is 23.8 Å². The lowest BCUT2D eigenvalue weighted by Gasteiger charge is -2.59. The van der Waals surface area contributed by atoms with Crippen molar-refractivity contribution in [3.8, 4) is 11.5 Å². The number of benzene rings is 3. The molecular weight excluding hydrogens is 452 g/mol. The van der Waals surface area contributed by atoms with Crippen molar-refractivity contribution in [2.75, 3.05) is 0 Å². The molecule has 3 N–H and O–H groups in total. The number of hydrogen-bond donors (Lipinski definition) is 3. The molecule has 0 aromatic heterocycles. The summed E-state index contributed by atoms with van der Waals surface area (Å²) in [5.74, 6) is 1.07. The Kier molecular flexibility index (Phi) is 5.00. The summed E-state index contributed by atoms with van der Waals surface area (Å²) in [5, 5.41) is 18.5. The van der Waals surface area contributed by atoms with Crippen LogP contribution in [0.4, 0.5) is 0 Å². The van der Waals surface area contributed by atoms with Gasteiger partial charge < -0.3 is 20.5 Å².